The Hall–Kier alpha value is -3.28. The third kappa shape index (κ3) is 2.81. The Morgan fingerprint density at radius 3 is 2.50 bits per heavy atom. The summed E-state index contributed by atoms with van der Waals surface area (Å²) in [5.74, 6) is 1.67. The van der Waals surface area contributed by atoms with E-state index in [4.69, 9.17) is 18.6 Å². The van der Waals surface area contributed by atoms with E-state index < -0.39 is 11.7 Å². The minimum absolute atomic E-state index is 0.0193. The van der Waals surface area contributed by atoms with Crippen molar-refractivity contribution >= 4 is 16.8 Å². The van der Waals surface area contributed by atoms with Crippen molar-refractivity contribution in [2.24, 2.45) is 0 Å². The molecule has 6 nitrogen and oxygen atoms in total. The predicted molar refractivity (Wildman–Crippen MR) is 104 cm³/mol. The van der Waals surface area contributed by atoms with Crippen molar-refractivity contribution in [3.8, 4) is 17.2 Å². The average molecular weight is 380 g/mol. The highest BCUT2D eigenvalue weighted by Gasteiger charge is 2.33. The molecule has 0 amide bonds. The number of aryl methyl sites for hydroxylation is 2. The summed E-state index contributed by atoms with van der Waals surface area (Å²) in [5.41, 5.74) is 2.70. The van der Waals surface area contributed by atoms with Crippen LogP contribution in [-0.4, -0.2) is 20.0 Å². The first-order valence-electron chi connectivity index (χ1n) is 8.92. The number of fused-ring (bicyclic) bond motifs is 3. The van der Waals surface area contributed by atoms with Crippen LogP contribution in [0, 0.1) is 13.8 Å². The van der Waals surface area contributed by atoms with Gasteiger partial charge in [0.05, 0.1) is 31.6 Å². The zero-order chi connectivity index (χ0) is 20.0. The van der Waals surface area contributed by atoms with E-state index in [0.29, 0.717) is 39.3 Å². The molecule has 0 aliphatic carbocycles. The summed E-state index contributed by atoms with van der Waals surface area (Å²) in [6, 6.07) is 8.53. The van der Waals surface area contributed by atoms with E-state index in [0.717, 1.165) is 11.1 Å². The van der Waals surface area contributed by atoms with Gasteiger partial charge in [-0.1, -0.05) is 0 Å². The zero-order valence-corrected chi connectivity index (χ0v) is 16.1. The third-order valence-corrected chi connectivity index (χ3v) is 5.08. The van der Waals surface area contributed by atoms with Gasteiger partial charge in [-0.25, -0.2) is 4.79 Å². The molecule has 1 atom stereocenters. The van der Waals surface area contributed by atoms with Crippen molar-refractivity contribution in [2.75, 3.05) is 14.2 Å². The monoisotopic (exact) mass is 380 g/mol. The molecule has 3 aromatic rings. The Balaban J connectivity index is 1.91. The van der Waals surface area contributed by atoms with Crippen LogP contribution in [0.5, 0.6) is 17.2 Å². The molecule has 0 spiro atoms. The number of ketones is 1. The van der Waals surface area contributed by atoms with Gasteiger partial charge >= 0.3 is 5.63 Å². The summed E-state index contributed by atoms with van der Waals surface area (Å²) in [4.78, 5) is 24.8. The minimum Gasteiger partial charge on any atom is -0.497 e. The third-order valence-electron chi connectivity index (χ3n) is 5.08. The fourth-order valence-electron chi connectivity index (χ4n) is 3.77. The Morgan fingerprint density at radius 1 is 1.00 bits per heavy atom. The second-order valence-corrected chi connectivity index (χ2v) is 6.86. The minimum atomic E-state index is -0.516. The number of carbonyl (C=O) groups excluding carboxylic acids is 1. The van der Waals surface area contributed by atoms with Gasteiger partial charge in [0.25, 0.3) is 0 Å². The van der Waals surface area contributed by atoms with Crippen molar-refractivity contribution in [1.29, 1.82) is 0 Å². The van der Waals surface area contributed by atoms with Crippen molar-refractivity contribution in [3.63, 3.8) is 0 Å². The molecule has 4 rings (SSSR count). The van der Waals surface area contributed by atoms with Crippen LogP contribution < -0.4 is 19.8 Å². The average Bonchev–Trinajstić information content (AvgIpc) is 2.66. The van der Waals surface area contributed by atoms with Gasteiger partial charge in [0.1, 0.15) is 28.9 Å². The number of carbonyl (C=O) groups is 1. The number of hydrogen-bond donors (Lipinski definition) is 0. The van der Waals surface area contributed by atoms with Crippen LogP contribution in [-0.2, 0) is 0 Å². The van der Waals surface area contributed by atoms with E-state index >= 15 is 0 Å². The number of ether oxygens (including phenoxy) is 3. The van der Waals surface area contributed by atoms with Crippen LogP contribution in [0.2, 0.25) is 0 Å². The molecule has 2 aromatic carbocycles. The quantitative estimate of drug-likeness (QED) is 0.636. The number of hydrogen-bond acceptors (Lipinski definition) is 6. The first-order chi connectivity index (χ1) is 13.4. The van der Waals surface area contributed by atoms with E-state index in [2.05, 4.69) is 0 Å². The lowest BCUT2D eigenvalue weighted by atomic mass is 9.91. The van der Waals surface area contributed by atoms with E-state index in [1.165, 1.54) is 6.07 Å². The smallest absolute Gasteiger partial charge is 0.336 e. The topological polar surface area (TPSA) is 75.0 Å². The molecule has 144 valence electrons. The highest BCUT2D eigenvalue weighted by Crippen LogP contribution is 2.44. The Kier molecular flexibility index (Phi) is 4.34. The summed E-state index contributed by atoms with van der Waals surface area (Å²) in [7, 11) is 3.14. The predicted octanol–water partition coefficient (Wildman–Crippen LogP) is 4.13. The summed E-state index contributed by atoms with van der Waals surface area (Å²) in [6.07, 6.45) is -0.324. The molecule has 2 heterocycles. The molecule has 0 fully saturated rings. The number of benzene rings is 2. The number of Topliss-reactive ketones (excluding diaryl/α,β-unsaturated/α-hetero) is 1. The molecule has 1 aliphatic heterocycles. The lowest BCUT2D eigenvalue weighted by molar-refractivity contribution is 0.0849. The van der Waals surface area contributed by atoms with Crippen molar-refractivity contribution in [1.82, 2.24) is 0 Å². The maximum Gasteiger partial charge on any atom is 0.336 e. The lowest BCUT2D eigenvalue weighted by Crippen LogP contribution is -2.22. The summed E-state index contributed by atoms with van der Waals surface area (Å²) in [6.45, 7) is 3.62. The van der Waals surface area contributed by atoms with E-state index in [1.54, 1.807) is 39.3 Å². The van der Waals surface area contributed by atoms with Crippen LogP contribution in [0.4, 0.5) is 0 Å². The molecule has 0 radical (unpaired) electrons. The van der Waals surface area contributed by atoms with Gasteiger partial charge in [0, 0.05) is 17.7 Å². The molecule has 28 heavy (non-hydrogen) atoms. The summed E-state index contributed by atoms with van der Waals surface area (Å²) >= 11 is 0. The van der Waals surface area contributed by atoms with E-state index in [9.17, 15) is 9.59 Å². The maximum absolute atomic E-state index is 13.0. The van der Waals surface area contributed by atoms with Crippen LogP contribution in [0.15, 0.2) is 39.5 Å². The molecule has 0 N–H and O–H groups in total. The highest BCUT2D eigenvalue weighted by molar-refractivity contribution is 6.07. The molecular formula is C22H20O6. The lowest BCUT2D eigenvalue weighted by Gasteiger charge is -2.29. The van der Waals surface area contributed by atoms with Gasteiger partial charge in [0.15, 0.2) is 5.78 Å². The molecular weight excluding hydrogens is 360 g/mol. The summed E-state index contributed by atoms with van der Waals surface area (Å²) < 4.78 is 22.4. The van der Waals surface area contributed by atoms with Crippen molar-refractivity contribution in [3.05, 3.63) is 63.0 Å². The Labute approximate surface area is 161 Å². The Bertz CT molecular complexity index is 1160. The highest BCUT2D eigenvalue weighted by atomic mass is 16.5. The van der Waals surface area contributed by atoms with Crippen LogP contribution >= 0.6 is 0 Å². The van der Waals surface area contributed by atoms with Crippen molar-refractivity contribution < 1.29 is 23.4 Å². The van der Waals surface area contributed by atoms with Crippen LogP contribution in [0.3, 0.4) is 0 Å². The molecule has 0 bridgehead atoms. The zero-order valence-electron chi connectivity index (χ0n) is 16.1. The van der Waals surface area contributed by atoms with Gasteiger partial charge in [0.2, 0.25) is 0 Å². The SMILES string of the molecule is COc1ccc([C@H]2CC(=O)c3c(C)cc4oc(=O)cc(C)c4c3O2)c(OC)c1. The van der Waals surface area contributed by atoms with Gasteiger partial charge in [-0.2, -0.15) is 0 Å². The second kappa shape index (κ2) is 6.71. The summed E-state index contributed by atoms with van der Waals surface area (Å²) in [5, 5.41) is 0.644. The normalized spacial score (nSPS) is 15.9. The number of rotatable bonds is 3. The van der Waals surface area contributed by atoms with Crippen LogP contribution in [0.25, 0.3) is 11.0 Å². The standard InChI is InChI=1S/C22H20O6/c1-11-7-18-21(12(2)8-19(24)27-18)22-20(11)15(23)10-17(28-22)14-6-5-13(25-3)9-16(14)26-4/h5-9,17H,10H2,1-4H3/t17-/m1/s1. The second-order valence-electron chi connectivity index (χ2n) is 6.86. The van der Waals surface area contributed by atoms with Gasteiger partial charge in [-0.15, -0.1) is 0 Å². The first-order valence-corrected chi connectivity index (χ1v) is 8.92. The largest absolute Gasteiger partial charge is 0.497 e. The fourth-order valence-corrected chi connectivity index (χ4v) is 3.77. The molecule has 0 saturated heterocycles. The van der Waals surface area contributed by atoms with Gasteiger partial charge < -0.3 is 18.6 Å². The van der Waals surface area contributed by atoms with Crippen LogP contribution in [0.1, 0.15) is 39.6 Å². The molecule has 1 aliphatic rings. The van der Waals surface area contributed by atoms with E-state index in [-0.39, 0.29) is 12.2 Å². The number of methoxy groups -OCH3 is 2. The fraction of sp³-hybridized carbons (Fsp3) is 0.273. The molecule has 6 heteroatoms. The molecule has 0 unspecified atom stereocenters. The van der Waals surface area contributed by atoms with Gasteiger partial charge in [-0.05, 0) is 43.2 Å². The Morgan fingerprint density at radius 2 is 1.79 bits per heavy atom. The molecule has 1 aromatic heterocycles. The molecule has 0 saturated carbocycles. The van der Waals surface area contributed by atoms with E-state index in [1.807, 2.05) is 13.0 Å². The van der Waals surface area contributed by atoms with Gasteiger partial charge in [-0.3, -0.25) is 4.79 Å². The first kappa shape index (κ1) is 18.1. The van der Waals surface area contributed by atoms with Crippen molar-refractivity contribution in [2.45, 2.75) is 26.4 Å². The maximum atomic E-state index is 13.0.